The van der Waals surface area contributed by atoms with E-state index in [4.69, 9.17) is 14.0 Å². The third kappa shape index (κ3) is 3.59. The second-order valence-electron chi connectivity index (χ2n) is 4.66. The summed E-state index contributed by atoms with van der Waals surface area (Å²) in [5.41, 5.74) is 2.19. The first-order chi connectivity index (χ1) is 8.68. The average Bonchev–Trinajstić information content (AvgIpc) is 2.27. The van der Waals surface area contributed by atoms with Crippen LogP contribution in [0.25, 0.3) is 0 Å². The molecular weight excluding hydrogens is 290 g/mol. The second kappa shape index (κ2) is 4.93. The van der Waals surface area contributed by atoms with Gasteiger partial charge in [-0.1, -0.05) is 0 Å². The largest absolute Gasteiger partial charge is 0.461 e. The van der Waals surface area contributed by atoms with E-state index in [1.54, 1.807) is 20.0 Å². The summed E-state index contributed by atoms with van der Waals surface area (Å²) in [7, 11) is -3.63. The van der Waals surface area contributed by atoms with Gasteiger partial charge in [0.1, 0.15) is 5.75 Å². The predicted octanol–water partition coefficient (Wildman–Crippen LogP) is 2.07. The van der Waals surface area contributed by atoms with E-state index in [9.17, 15) is 8.42 Å². The van der Waals surface area contributed by atoms with Crippen molar-refractivity contribution in [3.05, 3.63) is 23.0 Å². The van der Waals surface area contributed by atoms with Crippen molar-refractivity contribution in [1.29, 1.82) is 0 Å². The first-order valence-electron chi connectivity index (χ1n) is 5.60. The Morgan fingerprint density at radius 1 is 1.53 bits per heavy atom. The number of hydrogen-bond acceptors (Lipinski definition) is 6. The van der Waals surface area contributed by atoms with Gasteiger partial charge in [0.25, 0.3) is 0 Å². The zero-order valence-electron chi connectivity index (χ0n) is 10.8. The van der Waals surface area contributed by atoms with E-state index in [1.165, 1.54) is 0 Å². The Balaban J connectivity index is 2.33. The molecule has 2 heterocycles. The molecule has 1 N–H and O–H groups in total. The van der Waals surface area contributed by atoms with Crippen LogP contribution in [0.3, 0.4) is 0 Å². The lowest BCUT2D eigenvalue weighted by molar-refractivity contribution is -0.180. The van der Waals surface area contributed by atoms with Gasteiger partial charge in [-0.3, -0.25) is 9.54 Å². The highest BCUT2D eigenvalue weighted by atomic mass is 33.1. The third-order valence-electron chi connectivity index (χ3n) is 2.68. The molecule has 6 nitrogen and oxygen atoms in total. The fraction of sp³-hybridized carbons (Fsp3) is 0.545. The van der Waals surface area contributed by atoms with E-state index in [-0.39, 0.29) is 5.75 Å². The fourth-order valence-corrected chi connectivity index (χ4v) is 3.11. The van der Waals surface area contributed by atoms with E-state index in [2.05, 4.69) is 4.98 Å². The van der Waals surface area contributed by atoms with Gasteiger partial charge in [-0.2, -0.15) is 8.42 Å². The highest BCUT2D eigenvalue weighted by Crippen LogP contribution is 2.36. The topological polar surface area (TPSA) is 85.7 Å². The van der Waals surface area contributed by atoms with Crippen molar-refractivity contribution in [3.63, 3.8) is 0 Å². The number of hydrogen-bond donors (Lipinski definition) is 1. The summed E-state index contributed by atoms with van der Waals surface area (Å²) >= 11 is 0. The Hall–Kier alpha value is -0.830. The maximum atomic E-state index is 10.8. The maximum absolute atomic E-state index is 10.8. The lowest BCUT2D eigenvalue weighted by Crippen LogP contribution is -2.36. The van der Waals surface area contributed by atoms with Gasteiger partial charge < -0.3 is 9.47 Å². The second-order valence-corrected chi connectivity index (χ2v) is 8.01. The molecule has 0 spiro atoms. The molecule has 0 radical (unpaired) electrons. The smallest absolute Gasteiger partial charge is 0.320 e. The van der Waals surface area contributed by atoms with Gasteiger partial charge in [0, 0.05) is 42.2 Å². The van der Waals surface area contributed by atoms with E-state index in [0.29, 0.717) is 28.7 Å². The van der Waals surface area contributed by atoms with Crippen LogP contribution in [-0.4, -0.2) is 23.7 Å². The summed E-state index contributed by atoms with van der Waals surface area (Å²) in [6, 6.07) is 0. The molecule has 1 aliphatic rings. The number of ether oxygens (including phenoxy) is 2. The van der Waals surface area contributed by atoms with Gasteiger partial charge in [0.15, 0.2) is 0 Å². The lowest BCUT2D eigenvalue weighted by Gasteiger charge is -2.34. The molecule has 0 saturated carbocycles. The molecule has 1 aromatic heterocycles. The quantitative estimate of drug-likeness (QED) is 0.675. The van der Waals surface area contributed by atoms with Crippen molar-refractivity contribution in [2.75, 3.05) is 0 Å². The highest BCUT2D eigenvalue weighted by Gasteiger charge is 2.30. The number of aryl methyl sites for hydroxylation is 1. The van der Waals surface area contributed by atoms with Crippen LogP contribution in [0.5, 0.6) is 5.75 Å². The van der Waals surface area contributed by atoms with Crippen LogP contribution in [-0.2, 0) is 26.2 Å². The molecule has 1 aliphatic heterocycles. The van der Waals surface area contributed by atoms with Gasteiger partial charge in [-0.15, -0.1) is 0 Å². The standard InChI is InChI=1S/C11H15NO5S2/c1-7-10-9(5-16-11(2,3)17-10)8(4-12-7)6-18-19(13,14)15/h4H,5-6H2,1-3H3,(H,13,14,15). The maximum Gasteiger partial charge on any atom is 0.320 e. The van der Waals surface area contributed by atoms with E-state index in [1.807, 2.05) is 6.92 Å². The Bertz CT molecular complexity index is 597. The van der Waals surface area contributed by atoms with Gasteiger partial charge in [-0.25, -0.2) is 0 Å². The normalized spacial score (nSPS) is 17.7. The number of aromatic nitrogens is 1. The van der Waals surface area contributed by atoms with Crippen LogP contribution >= 0.6 is 10.8 Å². The molecule has 8 heteroatoms. The van der Waals surface area contributed by atoms with Crippen molar-refractivity contribution < 1.29 is 22.4 Å². The van der Waals surface area contributed by atoms with Gasteiger partial charge in [0.2, 0.25) is 5.79 Å². The van der Waals surface area contributed by atoms with Crippen molar-refractivity contribution in [2.24, 2.45) is 0 Å². The Kier molecular flexibility index (Phi) is 3.78. The minimum Gasteiger partial charge on any atom is -0.461 e. The molecule has 0 fully saturated rings. The summed E-state index contributed by atoms with van der Waals surface area (Å²) in [6.07, 6.45) is 1.58. The molecule has 0 atom stereocenters. The van der Waals surface area contributed by atoms with Gasteiger partial charge in [-0.05, 0) is 12.5 Å². The van der Waals surface area contributed by atoms with Crippen LogP contribution in [0.2, 0.25) is 0 Å². The number of pyridine rings is 1. The molecule has 0 saturated heterocycles. The van der Waals surface area contributed by atoms with Crippen molar-refractivity contribution in [1.82, 2.24) is 4.98 Å². The van der Waals surface area contributed by atoms with Crippen LogP contribution in [0, 0.1) is 6.92 Å². The fourth-order valence-electron chi connectivity index (χ4n) is 1.75. The molecule has 1 aromatic rings. The lowest BCUT2D eigenvalue weighted by atomic mass is 10.1. The van der Waals surface area contributed by atoms with Gasteiger partial charge in [0.05, 0.1) is 12.3 Å². The summed E-state index contributed by atoms with van der Waals surface area (Å²) in [4.78, 5) is 4.19. The molecule has 0 unspecified atom stereocenters. The van der Waals surface area contributed by atoms with Crippen molar-refractivity contribution in [2.45, 2.75) is 38.9 Å². The summed E-state index contributed by atoms with van der Waals surface area (Å²) in [6.45, 7) is 5.75. The Morgan fingerprint density at radius 3 is 2.84 bits per heavy atom. The summed E-state index contributed by atoms with van der Waals surface area (Å²) in [5, 5.41) is 0. The van der Waals surface area contributed by atoms with E-state index >= 15 is 0 Å². The predicted molar refractivity (Wildman–Crippen MR) is 71.3 cm³/mol. The van der Waals surface area contributed by atoms with Crippen LogP contribution in [0.1, 0.15) is 30.7 Å². The molecule has 2 rings (SSSR count). The molecule has 19 heavy (non-hydrogen) atoms. The number of fused-ring (bicyclic) bond motifs is 1. The first kappa shape index (κ1) is 14.6. The Morgan fingerprint density at radius 2 is 2.21 bits per heavy atom. The van der Waals surface area contributed by atoms with E-state index < -0.39 is 14.9 Å². The van der Waals surface area contributed by atoms with E-state index in [0.717, 1.165) is 11.3 Å². The number of rotatable bonds is 3. The van der Waals surface area contributed by atoms with Crippen molar-refractivity contribution >= 4 is 19.9 Å². The minimum atomic E-state index is -4.07. The molecule has 0 amide bonds. The van der Waals surface area contributed by atoms with Crippen molar-refractivity contribution in [3.8, 4) is 5.75 Å². The molecule has 0 aromatic carbocycles. The van der Waals surface area contributed by atoms with Crippen LogP contribution in [0.4, 0.5) is 0 Å². The monoisotopic (exact) mass is 305 g/mol. The zero-order chi connectivity index (χ0) is 14.3. The van der Waals surface area contributed by atoms with Crippen LogP contribution < -0.4 is 4.74 Å². The molecule has 0 bridgehead atoms. The first-order valence-corrected chi connectivity index (χ1v) is 8.54. The van der Waals surface area contributed by atoms with Gasteiger partial charge >= 0.3 is 9.15 Å². The molecule has 0 aliphatic carbocycles. The number of nitrogens with zero attached hydrogens (tertiary/aromatic N) is 1. The SMILES string of the molecule is Cc1ncc(CSS(=O)(=O)O)c2c1OC(C)(C)OC2. The highest BCUT2D eigenvalue weighted by molar-refractivity contribution is 8.69. The molecule has 106 valence electrons. The summed E-state index contributed by atoms with van der Waals surface area (Å²) < 4.78 is 41.6. The minimum absolute atomic E-state index is 0.0988. The third-order valence-corrected chi connectivity index (χ3v) is 4.65. The summed E-state index contributed by atoms with van der Waals surface area (Å²) in [5.74, 6) is 0.000230. The average molecular weight is 305 g/mol. The van der Waals surface area contributed by atoms with Crippen LogP contribution in [0.15, 0.2) is 6.20 Å². The zero-order valence-corrected chi connectivity index (χ0v) is 12.5. The molecular formula is C11H15NO5S2. The Labute approximate surface area is 115 Å².